The Bertz CT molecular complexity index is 436. The lowest BCUT2D eigenvalue weighted by molar-refractivity contribution is -0.114. The fourth-order valence-electron chi connectivity index (χ4n) is 2.80. The summed E-state index contributed by atoms with van der Waals surface area (Å²) in [4.78, 5) is 13.4. The second kappa shape index (κ2) is 8.15. The van der Waals surface area contributed by atoms with Gasteiger partial charge in [0.1, 0.15) is 0 Å². The summed E-state index contributed by atoms with van der Waals surface area (Å²) >= 11 is 0. The van der Waals surface area contributed by atoms with Gasteiger partial charge in [-0.25, -0.2) is 0 Å². The summed E-state index contributed by atoms with van der Waals surface area (Å²) in [6.45, 7) is 6.00. The number of nitrogens with zero attached hydrogens (tertiary/aromatic N) is 1. The summed E-state index contributed by atoms with van der Waals surface area (Å²) in [5.74, 6) is 0.856. The van der Waals surface area contributed by atoms with Gasteiger partial charge < -0.3 is 15.5 Å². The van der Waals surface area contributed by atoms with E-state index in [0.29, 0.717) is 0 Å². The zero-order valence-corrected chi connectivity index (χ0v) is 13.2. The predicted molar refractivity (Wildman–Crippen MR) is 87.3 cm³/mol. The monoisotopic (exact) mass is 289 g/mol. The van der Waals surface area contributed by atoms with Crippen LogP contribution in [0.2, 0.25) is 0 Å². The van der Waals surface area contributed by atoms with Crippen molar-refractivity contribution in [3.63, 3.8) is 0 Å². The van der Waals surface area contributed by atoms with E-state index >= 15 is 0 Å². The molecule has 0 bridgehead atoms. The SMILES string of the molecule is CC(=O)Nc1ccc(CNCCC2CCN(C)CC2)cc1. The first kappa shape index (κ1) is 16.0. The van der Waals surface area contributed by atoms with E-state index in [-0.39, 0.29) is 5.91 Å². The van der Waals surface area contributed by atoms with Crippen LogP contribution in [0.1, 0.15) is 31.7 Å². The van der Waals surface area contributed by atoms with Gasteiger partial charge in [-0.05, 0) is 69.6 Å². The van der Waals surface area contributed by atoms with Crippen molar-refractivity contribution in [1.82, 2.24) is 10.2 Å². The van der Waals surface area contributed by atoms with Gasteiger partial charge in [0.15, 0.2) is 0 Å². The molecule has 4 heteroatoms. The van der Waals surface area contributed by atoms with Crippen LogP contribution < -0.4 is 10.6 Å². The van der Waals surface area contributed by atoms with Gasteiger partial charge in [0.2, 0.25) is 5.91 Å². The number of hydrogen-bond acceptors (Lipinski definition) is 3. The maximum atomic E-state index is 11.0. The zero-order chi connectivity index (χ0) is 15.1. The van der Waals surface area contributed by atoms with Crippen LogP contribution in [0.3, 0.4) is 0 Å². The third kappa shape index (κ3) is 5.86. The zero-order valence-electron chi connectivity index (χ0n) is 13.2. The van der Waals surface area contributed by atoms with Crippen LogP contribution >= 0.6 is 0 Å². The quantitative estimate of drug-likeness (QED) is 0.791. The topological polar surface area (TPSA) is 44.4 Å². The minimum absolute atomic E-state index is 0.0287. The van der Waals surface area contributed by atoms with Gasteiger partial charge in [0.25, 0.3) is 0 Å². The van der Waals surface area contributed by atoms with Gasteiger partial charge in [-0.15, -0.1) is 0 Å². The van der Waals surface area contributed by atoms with Crippen molar-refractivity contribution in [2.45, 2.75) is 32.7 Å². The molecule has 116 valence electrons. The maximum Gasteiger partial charge on any atom is 0.221 e. The molecule has 1 aliphatic heterocycles. The molecule has 0 radical (unpaired) electrons. The Morgan fingerprint density at radius 3 is 2.52 bits per heavy atom. The normalized spacial score (nSPS) is 16.9. The van der Waals surface area contributed by atoms with E-state index in [1.165, 1.54) is 44.8 Å². The lowest BCUT2D eigenvalue weighted by atomic mass is 9.94. The summed E-state index contributed by atoms with van der Waals surface area (Å²) < 4.78 is 0. The second-order valence-corrected chi connectivity index (χ2v) is 6.09. The molecular weight excluding hydrogens is 262 g/mol. The fraction of sp³-hybridized carbons (Fsp3) is 0.588. The molecule has 0 unspecified atom stereocenters. The Morgan fingerprint density at radius 2 is 1.90 bits per heavy atom. The van der Waals surface area contributed by atoms with Crippen molar-refractivity contribution in [2.24, 2.45) is 5.92 Å². The molecule has 4 nitrogen and oxygen atoms in total. The Morgan fingerprint density at radius 1 is 1.24 bits per heavy atom. The molecule has 1 aromatic rings. The number of benzene rings is 1. The van der Waals surface area contributed by atoms with Gasteiger partial charge in [0, 0.05) is 19.2 Å². The molecule has 0 aliphatic carbocycles. The molecule has 1 aromatic carbocycles. The Kier molecular flexibility index (Phi) is 6.21. The van der Waals surface area contributed by atoms with E-state index in [4.69, 9.17) is 0 Å². The highest BCUT2D eigenvalue weighted by Crippen LogP contribution is 2.18. The summed E-state index contributed by atoms with van der Waals surface area (Å²) in [5.41, 5.74) is 2.12. The summed E-state index contributed by atoms with van der Waals surface area (Å²) in [6.07, 6.45) is 3.95. The first-order valence-electron chi connectivity index (χ1n) is 7.89. The van der Waals surface area contributed by atoms with Gasteiger partial charge in [-0.1, -0.05) is 12.1 Å². The number of carbonyl (C=O) groups is 1. The molecule has 0 aromatic heterocycles. The van der Waals surface area contributed by atoms with Gasteiger partial charge in [-0.2, -0.15) is 0 Å². The molecule has 0 saturated carbocycles. The van der Waals surface area contributed by atoms with E-state index < -0.39 is 0 Å². The summed E-state index contributed by atoms with van der Waals surface area (Å²) in [5, 5.41) is 6.30. The Balaban J connectivity index is 1.63. The first-order chi connectivity index (χ1) is 10.1. The van der Waals surface area contributed by atoms with Crippen LogP contribution in [0.15, 0.2) is 24.3 Å². The molecule has 0 atom stereocenters. The minimum Gasteiger partial charge on any atom is -0.326 e. The van der Waals surface area contributed by atoms with Crippen LogP contribution in [0, 0.1) is 5.92 Å². The fourth-order valence-corrected chi connectivity index (χ4v) is 2.80. The highest BCUT2D eigenvalue weighted by molar-refractivity contribution is 5.88. The van der Waals surface area contributed by atoms with E-state index in [1.807, 2.05) is 12.1 Å². The molecule has 1 heterocycles. The van der Waals surface area contributed by atoms with Crippen LogP contribution in [-0.2, 0) is 11.3 Å². The van der Waals surface area contributed by atoms with E-state index in [1.54, 1.807) is 0 Å². The van der Waals surface area contributed by atoms with Crippen molar-refractivity contribution in [3.8, 4) is 0 Å². The highest BCUT2D eigenvalue weighted by atomic mass is 16.1. The van der Waals surface area contributed by atoms with Crippen molar-refractivity contribution >= 4 is 11.6 Å². The van der Waals surface area contributed by atoms with Crippen molar-refractivity contribution in [1.29, 1.82) is 0 Å². The Labute approximate surface area is 127 Å². The van der Waals surface area contributed by atoms with Crippen LogP contribution in [0.25, 0.3) is 0 Å². The first-order valence-corrected chi connectivity index (χ1v) is 7.89. The standard InChI is InChI=1S/C17H27N3O/c1-14(21)19-17-5-3-16(4-6-17)13-18-10-7-15-8-11-20(2)12-9-15/h3-6,15,18H,7-13H2,1-2H3,(H,19,21). The van der Waals surface area contributed by atoms with Crippen molar-refractivity contribution < 1.29 is 4.79 Å². The van der Waals surface area contributed by atoms with E-state index in [9.17, 15) is 4.79 Å². The Hall–Kier alpha value is -1.39. The smallest absolute Gasteiger partial charge is 0.221 e. The highest BCUT2D eigenvalue weighted by Gasteiger charge is 2.15. The van der Waals surface area contributed by atoms with Crippen LogP contribution in [0.4, 0.5) is 5.69 Å². The number of piperidine rings is 1. The van der Waals surface area contributed by atoms with E-state index in [0.717, 1.165) is 24.7 Å². The third-order valence-electron chi connectivity index (χ3n) is 4.17. The molecular formula is C17H27N3O. The molecule has 1 aliphatic rings. The van der Waals surface area contributed by atoms with Crippen LogP contribution in [-0.4, -0.2) is 37.5 Å². The number of likely N-dealkylation sites (tertiary alicyclic amines) is 1. The molecule has 2 rings (SSSR count). The molecule has 21 heavy (non-hydrogen) atoms. The second-order valence-electron chi connectivity index (χ2n) is 6.09. The lowest BCUT2D eigenvalue weighted by Crippen LogP contribution is -2.31. The maximum absolute atomic E-state index is 11.0. The van der Waals surface area contributed by atoms with Crippen molar-refractivity contribution in [3.05, 3.63) is 29.8 Å². The molecule has 2 N–H and O–H groups in total. The van der Waals surface area contributed by atoms with Gasteiger partial charge >= 0.3 is 0 Å². The number of hydrogen-bond donors (Lipinski definition) is 2. The van der Waals surface area contributed by atoms with Crippen LogP contribution in [0.5, 0.6) is 0 Å². The molecule has 0 spiro atoms. The number of anilines is 1. The largest absolute Gasteiger partial charge is 0.326 e. The average molecular weight is 289 g/mol. The predicted octanol–water partition coefficient (Wildman–Crippen LogP) is 2.47. The minimum atomic E-state index is -0.0287. The van der Waals surface area contributed by atoms with E-state index in [2.05, 4.69) is 34.7 Å². The molecule has 1 saturated heterocycles. The van der Waals surface area contributed by atoms with Gasteiger partial charge in [-0.3, -0.25) is 4.79 Å². The number of nitrogens with one attached hydrogen (secondary N) is 2. The summed E-state index contributed by atoms with van der Waals surface area (Å²) in [6, 6.07) is 8.03. The average Bonchev–Trinajstić information content (AvgIpc) is 2.46. The molecule has 1 fully saturated rings. The number of amides is 1. The third-order valence-corrected chi connectivity index (χ3v) is 4.17. The van der Waals surface area contributed by atoms with Gasteiger partial charge in [0.05, 0.1) is 0 Å². The lowest BCUT2D eigenvalue weighted by Gasteiger charge is -2.28. The molecule has 1 amide bonds. The van der Waals surface area contributed by atoms with Crippen molar-refractivity contribution in [2.75, 3.05) is 32.0 Å². The summed E-state index contributed by atoms with van der Waals surface area (Å²) in [7, 11) is 2.21. The number of carbonyl (C=O) groups excluding carboxylic acids is 1. The number of rotatable bonds is 6.